The highest BCUT2D eigenvalue weighted by Crippen LogP contribution is 2.24. The van der Waals surface area contributed by atoms with Crippen LogP contribution in [0.1, 0.15) is 18.4 Å². The van der Waals surface area contributed by atoms with E-state index in [2.05, 4.69) is 47.5 Å². The van der Waals surface area contributed by atoms with Gasteiger partial charge in [-0.15, -0.1) is 0 Å². The van der Waals surface area contributed by atoms with Gasteiger partial charge in [0, 0.05) is 11.8 Å². The molecular weight excluding hydrogens is 218 g/mol. The van der Waals surface area contributed by atoms with E-state index in [1.165, 1.54) is 16.7 Å². The van der Waals surface area contributed by atoms with E-state index in [-0.39, 0.29) is 0 Å². The standard InChI is InChI=1S/C17H15N/c1-3-7-14(8-4-1)16-11-12-18-17(13-16)15-9-5-2-6-10-15/h2-3,5-13H,1,4H2. The second-order valence-electron chi connectivity index (χ2n) is 4.43. The molecule has 0 aliphatic heterocycles. The van der Waals surface area contributed by atoms with E-state index in [0.717, 1.165) is 18.5 Å². The quantitative estimate of drug-likeness (QED) is 0.745. The molecule has 0 radical (unpaired) electrons. The zero-order valence-electron chi connectivity index (χ0n) is 10.2. The Kier molecular flexibility index (Phi) is 3.05. The van der Waals surface area contributed by atoms with E-state index in [4.69, 9.17) is 0 Å². The summed E-state index contributed by atoms with van der Waals surface area (Å²) in [5, 5.41) is 0. The number of nitrogens with zero attached hydrogens (tertiary/aromatic N) is 1. The Labute approximate surface area is 108 Å². The van der Waals surface area contributed by atoms with Gasteiger partial charge in [0.15, 0.2) is 0 Å². The maximum atomic E-state index is 4.45. The van der Waals surface area contributed by atoms with Crippen molar-refractivity contribution in [2.24, 2.45) is 0 Å². The monoisotopic (exact) mass is 233 g/mol. The molecule has 0 saturated carbocycles. The van der Waals surface area contributed by atoms with Crippen molar-refractivity contribution in [2.75, 3.05) is 0 Å². The molecule has 1 nitrogen and oxygen atoms in total. The number of aromatic nitrogens is 1. The third-order valence-electron chi connectivity index (χ3n) is 3.16. The molecule has 0 saturated heterocycles. The summed E-state index contributed by atoms with van der Waals surface area (Å²) in [7, 11) is 0. The number of hydrogen-bond acceptors (Lipinski definition) is 1. The summed E-state index contributed by atoms with van der Waals surface area (Å²) in [4.78, 5) is 4.45. The molecule has 2 aromatic rings. The molecule has 0 bridgehead atoms. The van der Waals surface area contributed by atoms with Crippen molar-refractivity contribution in [1.82, 2.24) is 4.98 Å². The summed E-state index contributed by atoms with van der Waals surface area (Å²) in [5.74, 6) is 0. The van der Waals surface area contributed by atoms with Crippen LogP contribution in [0.5, 0.6) is 0 Å². The minimum absolute atomic E-state index is 1.04. The van der Waals surface area contributed by atoms with Crippen LogP contribution in [0.2, 0.25) is 0 Å². The largest absolute Gasteiger partial charge is 0.256 e. The van der Waals surface area contributed by atoms with Crippen molar-refractivity contribution >= 4 is 5.57 Å². The molecule has 0 N–H and O–H groups in total. The molecule has 18 heavy (non-hydrogen) atoms. The van der Waals surface area contributed by atoms with Crippen molar-refractivity contribution in [1.29, 1.82) is 0 Å². The fourth-order valence-corrected chi connectivity index (χ4v) is 2.20. The Bertz CT molecular complexity index is 594. The summed E-state index contributed by atoms with van der Waals surface area (Å²) < 4.78 is 0. The van der Waals surface area contributed by atoms with E-state index in [0.29, 0.717) is 0 Å². The van der Waals surface area contributed by atoms with Gasteiger partial charge in [0.2, 0.25) is 0 Å². The molecule has 1 heteroatoms. The van der Waals surface area contributed by atoms with Crippen LogP contribution in [-0.4, -0.2) is 4.98 Å². The van der Waals surface area contributed by atoms with Crippen LogP contribution < -0.4 is 0 Å². The Hall–Kier alpha value is -2.15. The van der Waals surface area contributed by atoms with Gasteiger partial charge in [-0.2, -0.15) is 0 Å². The normalized spacial score (nSPS) is 14.3. The number of pyridine rings is 1. The van der Waals surface area contributed by atoms with Gasteiger partial charge >= 0.3 is 0 Å². The lowest BCUT2D eigenvalue weighted by Gasteiger charge is -2.08. The van der Waals surface area contributed by atoms with E-state index in [9.17, 15) is 0 Å². The lowest BCUT2D eigenvalue weighted by Crippen LogP contribution is -1.89. The van der Waals surface area contributed by atoms with Gasteiger partial charge in [0.1, 0.15) is 0 Å². The molecule has 0 unspecified atom stereocenters. The van der Waals surface area contributed by atoms with Crippen molar-refractivity contribution in [3.63, 3.8) is 0 Å². The minimum Gasteiger partial charge on any atom is -0.256 e. The van der Waals surface area contributed by atoms with Crippen molar-refractivity contribution < 1.29 is 0 Å². The van der Waals surface area contributed by atoms with Gasteiger partial charge in [-0.3, -0.25) is 4.98 Å². The molecule has 0 amide bonds. The van der Waals surface area contributed by atoms with E-state index in [1.807, 2.05) is 24.4 Å². The first-order chi connectivity index (χ1) is 8.93. The van der Waals surface area contributed by atoms with Crippen LogP contribution >= 0.6 is 0 Å². The van der Waals surface area contributed by atoms with Gasteiger partial charge in [0.05, 0.1) is 5.69 Å². The van der Waals surface area contributed by atoms with Crippen molar-refractivity contribution in [2.45, 2.75) is 12.8 Å². The Morgan fingerprint density at radius 2 is 1.78 bits per heavy atom. The van der Waals surface area contributed by atoms with Crippen LogP contribution in [0.15, 0.2) is 66.9 Å². The molecule has 1 aromatic carbocycles. The third-order valence-corrected chi connectivity index (χ3v) is 3.16. The summed E-state index contributed by atoms with van der Waals surface area (Å²) in [6.07, 6.45) is 10.9. The van der Waals surface area contributed by atoms with Gasteiger partial charge in [-0.05, 0) is 36.1 Å². The number of allylic oxidation sites excluding steroid dienone is 4. The molecule has 0 spiro atoms. The van der Waals surface area contributed by atoms with Gasteiger partial charge in [0.25, 0.3) is 0 Å². The summed E-state index contributed by atoms with van der Waals surface area (Å²) in [6, 6.07) is 14.5. The number of hydrogen-bond donors (Lipinski definition) is 0. The predicted octanol–water partition coefficient (Wildman–Crippen LogP) is 4.48. The van der Waals surface area contributed by atoms with E-state index in [1.54, 1.807) is 0 Å². The molecule has 0 atom stereocenters. The lowest BCUT2D eigenvalue weighted by atomic mass is 9.99. The second kappa shape index (κ2) is 5.01. The number of benzene rings is 1. The average Bonchev–Trinajstić information content (AvgIpc) is 2.49. The highest BCUT2D eigenvalue weighted by molar-refractivity contribution is 5.77. The van der Waals surface area contributed by atoms with Crippen LogP contribution in [0.3, 0.4) is 0 Å². The Balaban J connectivity index is 1.99. The van der Waals surface area contributed by atoms with E-state index < -0.39 is 0 Å². The first-order valence-corrected chi connectivity index (χ1v) is 6.32. The highest BCUT2D eigenvalue weighted by atomic mass is 14.7. The first kappa shape index (κ1) is 11.0. The van der Waals surface area contributed by atoms with Crippen LogP contribution in [0.25, 0.3) is 16.8 Å². The zero-order chi connectivity index (χ0) is 12.2. The molecule has 3 rings (SSSR count). The van der Waals surface area contributed by atoms with Crippen molar-refractivity contribution in [3.05, 3.63) is 72.5 Å². The summed E-state index contributed by atoms with van der Waals surface area (Å²) in [6.45, 7) is 0. The fraction of sp³-hybridized carbons (Fsp3) is 0.118. The van der Waals surface area contributed by atoms with Crippen LogP contribution in [0, 0.1) is 0 Å². The van der Waals surface area contributed by atoms with E-state index >= 15 is 0 Å². The SMILES string of the molecule is C1=CC(c2ccnc(-c3ccccc3)c2)=CCC1. The smallest absolute Gasteiger partial charge is 0.0708 e. The topological polar surface area (TPSA) is 12.9 Å². The molecule has 1 heterocycles. The Morgan fingerprint density at radius 3 is 2.56 bits per heavy atom. The fourth-order valence-electron chi connectivity index (χ4n) is 2.20. The van der Waals surface area contributed by atoms with Crippen LogP contribution in [0.4, 0.5) is 0 Å². The highest BCUT2D eigenvalue weighted by Gasteiger charge is 2.04. The first-order valence-electron chi connectivity index (χ1n) is 6.32. The molecule has 0 fully saturated rings. The van der Waals surface area contributed by atoms with Crippen molar-refractivity contribution in [3.8, 4) is 11.3 Å². The second-order valence-corrected chi connectivity index (χ2v) is 4.43. The summed E-state index contributed by atoms with van der Waals surface area (Å²) >= 11 is 0. The van der Waals surface area contributed by atoms with Gasteiger partial charge in [-0.25, -0.2) is 0 Å². The Morgan fingerprint density at radius 1 is 0.889 bits per heavy atom. The molecular formula is C17H15N. The third kappa shape index (κ3) is 2.25. The molecule has 88 valence electrons. The van der Waals surface area contributed by atoms with Gasteiger partial charge in [-0.1, -0.05) is 48.6 Å². The zero-order valence-corrected chi connectivity index (χ0v) is 10.2. The minimum atomic E-state index is 1.04. The summed E-state index contributed by atoms with van der Waals surface area (Å²) in [5.41, 5.74) is 4.76. The lowest BCUT2D eigenvalue weighted by molar-refractivity contribution is 1.04. The molecule has 1 aliphatic carbocycles. The number of rotatable bonds is 2. The van der Waals surface area contributed by atoms with Gasteiger partial charge < -0.3 is 0 Å². The van der Waals surface area contributed by atoms with Crippen LogP contribution in [-0.2, 0) is 0 Å². The molecule has 1 aromatic heterocycles. The maximum absolute atomic E-state index is 4.45. The predicted molar refractivity (Wildman–Crippen MR) is 76.0 cm³/mol. The molecule has 1 aliphatic rings. The average molecular weight is 233 g/mol. The maximum Gasteiger partial charge on any atom is 0.0708 e.